The number of nitrogens with zero attached hydrogens (tertiary/aromatic N) is 2. The molecule has 0 saturated carbocycles. The van der Waals surface area contributed by atoms with Crippen molar-refractivity contribution in [1.82, 2.24) is 9.88 Å². The second kappa shape index (κ2) is 8.24. The van der Waals surface area contributed by atoms with Crippen LogP contribution in [0, 0.1) is 13.8 Å². The van der Waals surface area contributed by atoms with Gasteiger partial charge in [-0.1, -0.05) is 46.3 Å². The van der Waals surface area contributed by atoms with Gasteiger partial charge < -0.3 is 5.32 Å². The van der Waals surface area contributed by atoms with Crippen LogP contribution in [0.25, 0.3) is 5.57 Å². The number of amides is 2. The molecule has 2 aromatic carbocycles. The molecule has 0 radical (unpaired) electrons. The molecule has 0 spiro atoms. The van der Waals surface area contributed by atoms with Gasteiger partial charge in [-0.3, -0.25) is 19.5 Å². The molecule has 5 nitrogen and oxygen atoms in total. The summed E-state index contributed by atoms with van der Waals surface area (Å²) in [6.07, 6.45) is 3.33. The third-order valence-corrected chi connectivity index (χ3v) is 5.61. The lowest BCUT2D eigenvalue weighted by atomic mass is 9.99. The summed E-state index contributed by atoms with van der Waals surface area (Å²) in [5.74, 6) is -0.665. The summed E-state index contributed by atoms with van der Waals surface area (Å²) >= 11 is 3.45. The van der Waals surface area contributed by atoms with E-state index in [0.717, 1.165) is 32.4 Å². The zero-order valence-electron chi connectivity index (χ0n) is 16.6. The van der Waals surface area contributed by atoms with Crippen molar-refractivity contribution in [1.29, 1.82) is 0 Å². The number of nitrogens with one attached hydrogen (secondary N) is 1. The lowest BCUT2D eigenvalue weighted by molar-refractivity contribution is -0.137. The van der Waals surface area contributed by atoms with E-state index in [9.17, 15) is 9.59 Å². The zero-order valence-corrected chi connectivity index (χ0v) is 18.2. The van der Waals surface area contributed by atoms with Crippen molar-refractivity contribution in [2.75, 3.05) is 5.32 Å². The number of hydrogen-bond acceptors (Lipinski definition) is 4. The first-order valence-electron chi connectivity index (χ1n) is 9.53. The average molecular weight is 462 g/mol. The average Bonchev–Trinajstić information content (AvgIpc) is 2.95. The first-order valence-corrected chi connectivity index (χ1v) is 10.3. The first kappa shape index (κ1) is 20.0. The number of benzene rings is 2. The fraction of sp³-hybridized carbons (Fsp3) is 0.125. The van der Waals surface area contributed by atoms with Gasteiger partial charge in [0.25, 0.3) is 11.8 Å². The maximum Gasteiger partial charge on any atom is 0.278 e. The van der Waals surface area contributed by atoms with Crippen LogP contribution >= 0.6 is 15.9 Å². The lowest BCUT2D eigenvalue weighted by Gasteiger charge is -2.15. The van der Waals surface area contributed by atoms with Gasteiger partial charge in [-0.2, -0.15) is 0 Å². The molecule has 3 aromatic rings. The van der Waals surface area contributed by atoms with Crippen molar-refractivity contribution in [3.05, 3.63) is 99.4 Å². The molecular formula is C24H20BrN3O2. The van der Waals surface area contributed by atoms with Crippen LogP contribution in [-0.2, 0) is 16.1 Å². The molecule has 30 heavy (non-hydrogen) atoms. The van der Waals surface area contributed by atoms with E-state index in [1.54, 1.807) is 18.5 Å². The minimum Gasteiger partial charge on any atom is -0.350 e. The third kappa shape index (κ3) is 3.91. The van der Waals surface area contributed by atoms with Crippen molar-refractivity contribution >= 4 is 39.0 Å². The number of carbonyl (C=O) groups is 2. The predicted molar refractivity (Wildman–Crippen MR) is 120 cm³/mol. The Hall–Kier alpha value is -3.25. The largest absolute Gasteiger partial charge is 0.350 e. The minimum atomic E-state index is -0.350. The molecule has 0 unspecified atom stereocenters. The number of carbonyl (C=O) groups excluding carboxylic acids is 2. The topological polar surface area (TPSA) is 62.3 Å². The number of anilines is 1. The Bertz CT molecular complexity index is 1170. The Kier molecular flexibility index (Phi) is 5.50. The van der Waals surface area contributed by atoms with Gasteiger partial charge in [0, 0.05) is 22.6 Å². The summed E-state index contributed by atoms with van der Waals surface area (Å²) in [5, 5.41) is 3.18. The van der Waals surface area contributed by atoms with Crippen molar-refractivity contribution in [2.24, 2.45) is 0 Å². The molecule has 1 aromatic heterocycles. The summed E-state index contributed by atoms with van der Waals surface area (Å²) in [5.41, 5.74) is 5.10. The smallest absolute Gasteiger partial charge is 0.278 e. The number of aryl methyl sites for hydroxylation is 2. The van der Waals surface area contributed by atoms with E-state index in [4.69, 9.17) is 0 Å². The van der Waals surface area contributed by atoms with E-state index < -0.39 is 0 Å². The number of imide groups is 1. The van der Waals surface area contributed by atoms with Gasteiger partial charge in [-0.05, 0) is 60.4 Å². The molecule has 0 atom stereocenters. The van der Waals surface area contributed by atoms with Crippen molar-refractivity contribution in [3.63, 3.8) is 0 Å². The normalized spacial score (nSPS) is 13.9. The molecule has 0 bridgehead atoms. The Labute approximate surface area is 183 Å². The van der Waals surface area contributed by atoms with Crippen LogP contribution < -0.4 is 5.32 Å². The highest BCUT2D eigenvalue weighted by atomic mass is 79.9. The lowest BCUT2D eigenvalue weighted by Crippen LogP contribution is -2.32. The van der Waals surface area contributed by atoms with Crippen LogP contribution in [0.5, 0.6) is 0 Å². The van der Waals surface area contributed by atoms with E-state index in [1.165, 1.54) is 4.90 Å². The van der Waals surface area contributed by atoms with E-state index >= 15 is 0 Å². The van der Waals surface area contributed by atoms with Crippen LogP contribution in [0.4, 0.5) is 5.69 Å². The second-order valence-electron chi connectivity index (χ2n) is 7.24. The van der Waals surface area contributed by atoms with Crippen molar-refractivity contribution < 1.29 is 9.59 Å². The molecule has 0 aliphatic carbocycles. The standard InChI is InChI=1S/C24H20BrN3O2/c1-15-8-9-18(11-16(15)2)21-22(27-20-7-3-6-19(25)12-20)24(30)28(23(21)29)14-17-5-4-10-26-13-17/h3-13,27H,14H2,1-2H3. The Balaban J connectivity index is 1.77. The number of halogens is 1. The van der Waals surface area contributed by atoms with Gasteiger partial charge in [0.05, 0.1) is 12.1 Å². The molecule has 0 saturated heterocycles. The highest BCUT2D eigenvalue weighted by Crippen LogP contribution is 2.32. The molecule has 6 heteroatoms. The van der Waals surface area contributed by atoms with Crippen LogP contribution in [0.2, 0.25) is 0 Å². The van der Waals surface area contributed by atoms with E-state index in [1.807, 2.05) is 62.4 Å². The highest BCUT2D eigenvalue weighted by molar-refractivity contribution is 9.10. The Morgan fingerprint density at radius 2 is 1.80 bits per heavy atom. The Morgan fingerprint density at radius 3 is 2.50 bits per heavy atom. The number of hydrogen-bond donors (Lipinski definition) is 1. The quantitative estimate of drug-likeness (QED) is 0.551. The van der Waals surface area contributed by atoms with Gasteiger partial charge >= 0.3 is 0 Å². The van der Waals surface area contributed by atoms with Gasteiger partial charge in [-0.25, -0.2) is 0 Å². The first-order chi connectivity index (χ1) is 14.4. The summed E-state index contributed by atoms with van der Waals surface area (Å²) in [4.78, 5) is 32.0. The molecule has 1 aliphatic rings. The van der Waals surface area contributed by atoms with Crippen LogP contribution in [0.3, 0.4) is 0 Å². The fourth-order valence-electron chi connectivity index (χ4n) is 3.39. The highest BCUT2D eigenvalue weighted by Gasteiger charge is 2.39. The molecule has 2 heterocycles. The fourth-order valence-corrected chi connectivity index (χ4v) is 3.78. The predicted octanol–water partition coefficient (Wildman–Crippen LogP) is 4.85. The van der Waals surface area contributed by atoms with Crippen molar-refractivity contribution in [3.8, 4) is 0 Å². The van der Waals surface area contributed by atoms with Gasteiger partial charge in [0.15, 0.2) is 0 Å². The summed E-state index contributed by atoms with van der Waals surface area (Å²) in [6, 6.07) is 16.9. The van der Waals surface area contributed by atoms with E-state index in [0.29, 0.717) is 5.57 Å². The maximum atomic E-state index is 13.4. The maximum absolute atomic E-state index is 13.4. The van der Waals surface area contributed by atoms with Gasteiger partial charge in [0.1, 0.15) is 5.70 Å². The number of rotatable bonds is 5. The van der Waals surface area contributed by atoms with Gasteiger partial charge in [-0.15, -0.1) is 0 Å². The minimum absolute atomic E-state index is 0.170. The monoisotopic (exact) mass is 461 g/mol. The molecule has 1 N–H and O–H groups in total. The molecule has 0 fully saturated rings. The molecule has 4 rings (SSSR count). The number of aromatic nitrogens is 1. The molecule has 150 valence electrons. The molecule has 2 amide bonds. The van der Waals surface area contributed by atoms with Crippen molar-refractivity contribution in [2.45, 2.75) is 20.4 Å². The van der Waals surface area contributed by atoms with Crippen LogP contribution in [0.1, 0.15) is 22.3 Å². The van der Waals surface area contributed by atoms with Gasteiger partial charge in [0.2, 0.25) is 0 Å². The van der Waals surface area contributed by atoms with E-state index in [-0.39, 0.29) is 24.1 Å². The number of pyridine rings is 1. The van der Waals surface area contributed by atoms with Crippen LogP contribution in [-0.4, -0.2) is 21.7 Å². The van der Waals surface area contributed by atoms with E-state index in [2.05, 4.69) is 26.2 Å². The Morgan fingerprint density at radius 1 is 0.967 bits per heavy atom. The zero-order chi connectivity index (χ0) is 21.3. The summed E-state index contributed by atoms with van der Waals surface area (Å²) in [7, 11) is 0. The SMILES string of the molecule is Cc1ccc(C2=C(Nc3cccc(Br)c3)C(=O)N(Cc3cccnc3)C2=O)cc1C. The second-order valence-corrected chi connectivity index (χ2v) is 8.16. The van der Waals surface area contributed by atoms with Crippen LogP contribution in [0.15, 0.2) is 77.2 Å². The summed E-state index contributed by atoms with van der Waals surface area (Å²) in [6.45, 7) is 4.18. The molecule has 1 aliphatic heterocycles. The third-order valence-electron chi connectivity index (χ3n) is 5.12. The molecular weight excluding hydrogens is 442 g/mol. The summed E-state index contributed by atoms with van der Waals surface area (Å²) < 4.78 is 0.879.